The number of carbonyl (C=O) groups is 2. The first-order chi connectivity index (χ1) is 11.1. The summed E-state index contributed by atoms with van der Waals surface area (Å²) in [6, 6.07) is 4.90. The minimum absolute atomic E-state index is 0.320. The number of amides is 1. The molecule has 2 aromatic rings. The van der Waals surface area contributed by atoms with E-state index in [-0.39, 0.29) is 5.69 Å². The van der Waals surface area contributed by atoms with E-state index in [0.29, 0.717) is 30.4 Å². The van der Waals surface area contributed by atoms with Crippen molar-refractivity contribution in [3.63, 3.8) is 0 Å². The Balaban J connectivity index is 1.84. The van der Waals surface area contributed by atoms with Crippen LogP contribution in [0.3, 0.4) is 0 Å². The Labute approximate surface area is 131 Å². The summed E-state index contributed by atoms with van der Waals surface area (Å²) in [5.41, 5.74) is -0.409. The highest BCUT2D eigenvalue weighted by molar-refractivity contribution is 6.08. The van der Waals surface area contributed by atoms with Crippen LogP contribution in [0.25, 0.3) is 0 Å². The molecular formula is C15H12N3O5-. The van der Waals surface area contributed by atoms with Crippen molar-refractivity contribution in [1.29, 1.82) is 0 Å². The number of hydrogen-bond acceptors (Lipinski definition) is 7. The largest absolute Gasteiger partial charge is 0.543 e. The fourth-order valence-corrected chi connectivity index (χ4v) is 2.08. The molecule has 1 N–H and O–H groups in total. The summed E-state index contributed by atoms with van der Waals surface area (Å²) in [5, 5.41) is 13.5. The van der Waals surface area contributed by atoms with E-state index in [9.17, 15) is 14.7 Å². The van der Waals surface area contributed by atoms with Gasteiger partial charge in [-0.05, 0) is 12.1 Å². The molecule has 8 heteroatoms. The molecule has 8 nitrogen and oxygen atoms in total. The molecule has 2 heterocycles. The summed E-state index contributed by atoms with van der Waals surface area (Å²) in [5.74, 6) is -1.16. The second-order valence-electron chi connectivity index (χ2n) is 4.71. The number of anilines is 1. The first-order valence-corrected chi connectivity index (χ1v) is 6.88. The first-order valence-electron chi connectivity index (χ1n) is 6.88. The first kappa shape index (κ1) is 14.8. The van der Waals surface area contributed by atoms with Gasteiger partial charge in [0.05, 0.1) is 19.2 Å². The van der Waals surface area contributed by atoms with Crippen LogP contribution in [0.5, 0.6) is 11.5 Å². The Morgan fingerprint density at radius 3 is 2.48 bits per heavy atom. The van der Waals surface area contributed by atoms with Gasteiger partial charge in [-0.2, -0.15) is 0 Å². The normalized spacial score (nSPS) is 13.0. The number of nitrogens with one attached hydrogen (secondary N) is 1. The predicted octanol–water partition coefficient (Wildman–Crippen LogP) is 0.254. The monoisotopic (exact) mass is 314 g/mol. The van der Waals surface area contributed by atoms with Gasteiger partial charge in [0.25, 0.3) is 5.91 Å². The van der Waals surface area contributed by atoms with Crippen molar-refractivity contribution in [3.8, 4) is 11.5 Å². The van der Waals surface area contributed by atoms with E-state index in [1.54, 1.807) is 18.2 Å². The smallest absolute Gasteiger partial charge is 0.276 e. The zero-order valence-electron chi connectivity index (χ0n) is 11.9. The standard InChI is InChI=1S/C15H13N3O5/c19-14(12-13(15(20)21)17-5-4-16-12)18-9-2-3-10-11(8-9)23-7-1-6-22-10/h2-5,8H,1,6-7H2,(H,18,19)(H,20,21)/p-1. The molecule has 0 atom stereocenters. The lowest BCUT2D eigenvalue weighted by atomic mass is 10.2. The molecule has 1 aromatic heterocycles. The molecule has 0 radical (unpaired) electrons. The average Bonchev–Trinajstić information content (AvgIpc) is 2.79. The summed E-state index contributed by atoms with van der Waals surface area (Å²) in [6.07, 6.45) is 3.18. The van der Waals surface area contributed by atoms with Crippen LogP contribution in [0, 0.1) is 0 Å². The van der Waals surface area contributed by atoms with Gasteiger partial charge in [0.15, 0.2) is 17.2 Å². The fourth-order valence-electron chi connectivity index (χ4n) is 2.08. The number of aromatic carboxylic acids is 1. The number of benzene rings is 1. The molecule has 0 aliphatic carbocycles. The Morgan fingerprint density at radius 1 is 1.04 bits per heavy atom. The number of carbonyl (C=O) groups excluding carboxylic acids is 2. The molecule has 0 saturated carbocycles. The van der Waals surface area contributed by atoms with Crippen LogP contribution >= 0.6 is 0 Å². The van der Waals surface area contributed by atoms with Crippen molar-refractivity contribution in [2.24, 2.45) is 0 Å². The zero-order valence-corrected chi connectivity index (χ0v) is 11.9. The summed E-state index contributed by atoms with van der Waals surface area (Å²) in [6.45, 7) is 1.08. The molecule has 1 amide bonds. The van der Waals surface area contributed by atoms with Gasteiger partial charge < -0.3 is 24.7 Å². The molecule has 0 spiro atoms. The summed E-state index contributed by atoms with van der Waals surface area (Å²) in [4.78, 5) is 30.5. The van der Waals surface area contributed by atoms with Gasteiger partial charge in [-0.1, -0.05) is 0 Å². The highest BCUT2D eigenvalue weighted by atomic mass is 16.5. The van der Waals surface area contributed by atoms with Crippen LogP contribution in [-0.4, -0.2) is 35.1 Å². The quantitative estimate of drug-likeness (QED) is 0.864. The van der Waals surface area contributed by atoms with Gasteiger partial charge in [-0.25, -0.2) is 4.98 Å². The van der Waals surface area contributed by atoms with E-state index in [4.69, 9.17) is 9.47 Å². The third kappa shape index (κ3) is 3.20. The average molecular weight is 314 g/mol. The molecule has 3 rings (SSSR count). The number of carboxylic acid groups (broad SMARTS) is 1. The number of hydrogen-bond donors (Lipinski definition) is 1. The lowest BCUT2D eigenvalue weighted by molar-refractivity contribution is -0.255. The maximum atomic E-state index is 12.2. The van der Waals surface area contributed by atoms with Crippen molar-refractivity contribution in [2.45, 2.75) is 6.42 Å². The molecule has 0 fully saturated rings. The highest BCUT2D eigenvalue weighted by Gasteiger charge is 2.17. The van der Waals surface area contributed by atoms with E-state index in [2.05, 4.69) is 15.3 Å². The molecular weight excluding hydrogens is 302 g/mol. The lowest BCUT2D eigenvalue weighted by Crippen LogP contribution is -2.28. The highest BCUT2D eigenvalue weighted by Crippen LogP contribution is 2.32. The number of aromatic nitrogens is 2. The molecule has 1 aliphatic heterocycles. The lowest BCUT2D eigenvalue weighted by Gasteiger charge is -2.11. The van der Waals surface area contributed by atoms with Crippen LogP contribution in [0.15, 0.2) is 30.6 Å². The fraction of sp³-hybridized carbons (Fsp3) is 0.200. The third-order valence-electron chi connectivity index (χ3n) is 3.11. The van der Waals surface area contributed by atoms with Crippen molar-refractivity contribution in [2.75, 3.05) is 18.5 Å². The molecule has 1 aliphatic rings. The number of rotatable bonds is 3. The van der Waals surface area contributed by atoms with E-state index >= 15 is 0 Å². The van der Waals surface area contributed by atoms with Crippen LogP contribution in [0.1, 0.15) is 27.4 Å². The van der Waals surface area contributed by atoms with Crippen molar-refractivity contribution in [1.82, 2.24) is 9.97 Å². The Hall–Kier alpha value is -3.16. The zero-order chi connectivity index (χ0) is 16.2. The topological polar surface area (TPSA) is 113 Å². The summed E-state index contributed by atoms with van der Waals surface area (Å²) in [7, 11) is 0. The van der Waals surface area contributed by atoms with Crippen molar-refractivity contribution in [3.05, 3.63) is 42.0 Å². The van der Waals surface area contributed by atoms with Crippen molar-refractivity contribution >= 4 is 17.6 Å². The maximum absolute atomic E-state index is 12.2. The minimum atomic E-state index is -1.57. The van der Waals surface area contributed by atoms with Crippen LogP contribution in [0.4, 0.5) is 5.69 Å². The van der Waals surface area contributed by atoms with Gasteiger partial charge in [-0.15, -0.1) is 0 Å². The number of nitrogens with zero attached hydrogens (tertiary/aromatic N) is 2. The number of ether oxygens (including phenoxy) is 2. The molecule has 118 valence electrons. The molecule has 1 aromatic carbocycles. The predicted molar refractivity (Wildman–Crippen MR) is 76.4 cm³/mol. The number of fused-ring (bicyclic) bond motifs is 1. The molecule has 0 saturated heterocycles. The number of carboxylic acids is 1. The van der Waals surface area contributed by atoms with Crippen LogP contribution in [-0.2, 0) is 0 Å². The van der Waals surface area contributed by atoms with Gasteiger partial charge in [0.1, 0.15) is 5.69 Å². The molecule has 0 unspecified atom stereocenters. The SMILES string of the molecule is O=C([O-])c1nccnc1C(=O)Nc1ccc2c(c1)OCCCO2. The second-order valence-corrected chi connectivity index (χ2v) is 4.71. The second kappa shape index (κ2) is 6.30. The van der Waals surface area contributed by atoms with E-state index in [0.717, 1.165) is 6.42 Å². The van der Waals surface area contributed by atoms with Gasteiger partial charge in [-0.3, -0.25) is 9.78 Å². The van der Waals surface area contributed by atoms with E-state index < -0.39 is 17.6 Å². The third-order valence-corrected chi connectivity index (χ3v) is 3.11. The Kier molecular flexibility index (Phi) is 4.05. The minimum Gasteiger partial charge on any atom is -0.543 e. The van der Waals surface area contributed by atoms with Crippen molar-refractivity contribution < 1.29 is 24.2 Å². The van der Waals surface area contributed by atoms with E-state index in [1.165, 1.54) is 12.4 Å². The molecule has 0 bridgehead atoms. The Bertz CT molecular complexity index is 763. The summed E-state index contributed by atoms with van der Waals surface area (Å²) >= 11 is 0. The van der Waals surface area contributed by atoms with Gasteiger partial charge in [0.2, 0.25) is 0 Å². The maximum Gasteiger partial charge on any atom is 0.276 e. The van der Waals surface area contributed by atoms with Crippen LogP contribution in [0.2, 0.25) is 0 Å². The van der Waals surface area contributed by atoms with E-state index in [1.807, 2.05) is 0 Å². The molecule has 23 heavy (non-hydrogen) atoms. The van der Waals surface area contributed by atoms with Gasteiger partial charge >= 0.3 is 0 Å². The summed E-state index contributed by atoms with van der Waals surface area (Å²) < 4.78 is 11.0. The van der Waals surface area contributed by atoms with Gasteiger partial charge in [0, 0.05) is 30.6 Å². The van der Waals surface area contributed by atoms with Crippen LogP contribution < -0.4 is 19.9 Å². The Morgan fingerprint density at radius 2 is 1.74 bits per heavy atom.